The van der Waals surface area contributed by atoms with E-state index in [1.807, 2.05) is 66.7 Å². The average molecular weight is 1640 g/mol. The highest BCUT2D eigenvalue weighted by Crippen LogP contribution is 2.17. The third kappa shape index (κ3) is 71.0. The molecule has 3 aromatic rings. The van der Waals surface area contributed by atoms with Gasteiger partial charge in [-0.1, -0.05) is 110 Å². The van der Waals surface area contributed by atoms with Crippen molar-refractivity contribution in [1.82, 2.24) is 21.3 Å². The van der Waals surface area contributed by atoms with Crippen LogP contribution in [0.25, 0.3) is 0 Å². The Morgan fingerprint density at radius 1 is 0.519 bits per heavy atom. The van der Waals surface area contributed by atoms with Crippen molar-refractivity contribution in [3.8, 4) is 11.5 Å². The quantitative estimate of drug-likeness (QED) is 0.00711. The number of aryl methyl sites for hydroxylation is 2. The maximum absolute atomic E-state index is 12.0. The van der Waals surface area contributed by atoms with E-state index in [1.54, 1.807) is 74.4 Å². The van der Waals surface area contributed by atoms with E-state index in [1.165, 1.54) is 53.3 Å². The summed E-state index contributed by atoms with van der Waals surface area (Å²) in [6, 6.07) is 20.7. The van der Waals surface area contributed by atoms with Gasteiger partial charge in [0.2, 0.25) is 0 Å². The number of ether oxygens (including phenoxy) is 9. The number of aliphatic hydroxyl groups excluding tert-OH is 4. The Morgan fingerprint density at radius 2 is 0.887 bits per heavy atom. The number of aliphatic hydroxyl groups is 4. The Labute approximate surface area is 647 Å². The summed E-state index contributed by atoms with van der Waals surface area (Å²) in [6.07, 6.45) is 6.26. The number of esters is 4. The first-order chi connectivity index (χ1) is 49.0. The Kier molecular flexibility index (Phi) is 67.1. The van der Waals surface area contributed by atoms with Gasteiger partial charge in [0.15, 0.2) is 0 Å². The summed E-state index contributed by atoms with van der Waals surface area (Å²) in [5, 5.41) is 59.9. The first kappa shape index (κ1) is 110. The molecule has 3 rings (SSSR count). The van der Waals surface area contributed by atoms with Gasteiger partial charge in [-0.2, -0.15) is 11.1 Å². The van der Waals surface area contributed by atoms with Crippen molar-refractivity contribution < 1.29 is 116 Å². The maximum atomic E-state index is 12.0. The minimum Gasteiger partial charge on any atom is -0.508 e. The number of nitrogens with one attached hydrogen (secondary N) is 4. The summed E-state index contributed by atoms with van der Waals surface area (Å²) < 4.78 is 44.2. The molecule has 0 aliphatic heterocycles. The highest BCUT2D eigenvalue weighted by atomic mass is 79.9. The topological polar surface area (TPSA) is 458 Å². The van der Waals surface area contributed by atoms with Crippen LogP contribution in [0.1, 0.15) is 150 Å². The molecule has 5 atom stereocenters. The molecule has 5 unspecified atom stereocenters. The van der Waals surface area contributed by atoms with Gasteiger partial charge in [0.05, 0.1) is 35.0 Å². The second kappa shape index (κ2) is 64.9. The molecule has 4 amide bonds. The molecule has 0 spiro atoms. The molecule has 0 heterocycles. The Bertz CT molecular complexity index is 2740. The molecule has 3 aromatic carbocycles. The Hall–Kier alpha value is -7.27. The number of aliphatic carboxylic acids is 1. The minimum absolute atomic E-state index is 0. The van der Waals surface area contributed by atoms with Crippen LogP contribution >= 0.6 is 39.4 Å². The van der Waals surface area contributed by atoms with E-state index in [0.717, 1.165) is 43.9 Å². The predicted octanol–water partition coefficient (Wildman–Crippen LogP) is 9.91. The van der Waals surface area contributed by atoms with Crippen LogP contribution in [0.5, 0.6) is 11.5 Å². The smallest absolute Gasteiger partial charge is 0.408 e. The largest absolute Gasteiger partial charge is 0.508 e. The lowest BCUT2D eigenvalue weighted by Gasteiger charge is -2.22. The van der Waals surface area contributed by atoms with Gasteiger partial charge >= 0.3 is 54.2 Å². The highest BCUT2D eigenvalue weighted by molar-refractivity contribution is 9.09. The van der Waals surface area contributed by atoms with E-state index in [2.05, 4.69) is 78.0 Å². The second-order valence-electron chi connectivity index (χ2n) is 26.2. The van der Waals surface area contributed by atoms with Crippen molar-refractivity contribution in [3.05, 3.63) is 95.6 Å². The van der Waals surface area contributed by atoms with E-state index < -0.39 is 109 Å². The number of phenols is 1. The van der Waals surface area contributed by atoms with Crippen molar-refractivity contribution in [1.29, 1.82) is 0 Å². The van der Waals surface area contributed by atoms with Gasteiger partial charge in [0.1, 0.15) is 72.5 Å². The van der Waals surface area contributed by atoms with E-state index >= 15 is 0 Å². The van der Waals surface area contributed by atoms with Gasteiger partial charge in [-0.05, 0) is 155 Å². The monoisotopic (exact) mass is 1630 g/mol. The van der Waals surface area contributed by atoms with Crippen LogP contribution in [0.4, 0.5) is 19.2 Å². The zero-order valence-electron chi connectivity index (χ0n) is 65.2. The molecule has 14 N–H and O–H groups in total. The van der Waals surface area contributed by atoms with Crippen molar-refractivity contribution >= 4 is 101 Å². The van der Waals surface area contributed by atoms with Crippen LogP contribution in [-0.4, -0.2) is 213 Å². The van der Waals surface area contributed by atoms with E-state index in [0.29, 0.717) is 29.8 Å². The lowest BCUT2D eigenvalue weighted by Crippen LogP contribution is -2.44. The predicted molar refractivity (Wildman–Crippen MR) is 415 cm³/mol. The number of carboxylic acid groups (broad SMARTS) is 1. The maximum Gasteiger partial charge on any atom is 0.408 e. The molecule has 0 fully saturated rings. The summed E-state index contributed by atoms with van der Waals surface area (Å²) in [5.41, 5.74) is 11.7. The Morgan fingerprint density at radius 3 is 1.24 bits per heavy atom. The number of unbranched alkanes of at least 4 members (excludes halogenated alkanes) is 3. The molecule has 612 valence electrons. The standard InChI is InChI=1S/C28H38N2O7.C11H16O.C10H18BrNO4.C10H19NO5.C5H11NO3.C4H9NO3.C3H9ClSi.CH4O.ClH/c1-28(2,3)37-27(33)30-24(25(31)34-4)17-19-35-23-15-13-21(14-16-23)10-8-9-18-29-26(32)36-20-22-11-6-5-7-12-22;1-2-3-4-5-10-6-8-11(12)9-7-10;1-10(2,3)16-9(14)12-7(5-6-11)8(13)15-4;1-10(2,3)16-9(14)11-7(5-6-12)8(13)15-4;1-9-5(8)4(6)2-3-7;5-3(1-2-6)4(7)8;1-5(2,3)4;1-2;/h5-7,11-16,24H,8-10,17-20H2,1-4H3,(H,29,32)(H,30,33);6-9,12H,2-5H2,1H3;7H,5-6H2,1-4H3,(H,12,14);7,12H,5-6H2,1-4H3,(H,11,14);4,7H,2-3,6H2,1H3;3,6H,1-2,5H2,(H,7,8);1-3H3;2H,1H3;1H. The number of alkyl carbamates (subject to hydrolysis) is 4. The van der Waals surface area contributed by atoms with Crippen LogP contribution < -0.4 is 37.5 Å². The molecule has 34 heteroatoms. The molecule has 0 saturated heterocycles. The number of carbonyl (C=O) groups excluding carboxylic acids is 8. The molecule has 106 heavy (non-hydrogen) atoms. The molecule has 0 aliphatic carbocycles. The number of hydrogen-bond acceptors (Lipinski definition) is 25. The first-order valence-electron chi connectivity index (χ1n) is 34.0. The molecule has 0 radical (unpaired) electrons. The third-order valence-electron chi connectivity index (χ3n) is 12.0. The van der Waals surface area contributed by atoms with Crippen LogP contribution in [0.15, 0.2) is 78.9 Å². The fourth-order valence-corrected chi connectivity index (χ4v) is 7.60. The number of alkyl halides is 1. The fraction of sp³-hybridized carbons (Fsp3) is 0.625. The number of nitrogens with two attached hydrogens (primary N) is 2. The molecular formula is C72H125BrCl2N6O24Si. The number of benzene rings is 3. The number of hydrogen-bond donors (Lipinski definition) is 12. The van der Waals surface area contributed by atoms with E-state index in [9.17, 15) is 43.2 Å². The number of rotatable bonds is 31. The number of amides is 4. The number of methoxy groups -OCH3 is 4. The average Bonchev–Trinajstić information content (AvgIpc) is 0.908. The molecule has 30 nitrogen and oxygen atoms in total. The van der Waals surface area contributed by atoms with Crippen LogP contribution in [0.2, 0.25) is 19.6 Å². The van der Waals surface area contributed by atoms with Gasteiger partial charge in [0, 0.05) is 51.6 Å². The molecular weight excluding hydrogens is 1510 g/mol. The summed E-state index contributed by atoms with van der Waals surface area (Å²) in [7, 11) is 4.88. The van der Waals surface area contributed by atoms with Crippen molar-refractivity contribution in [2.24, 2.45) is 11.5 Å². The lowest BCUT2D eigenvalue weighted by atomic mass is 10.1. The lowest BCUT2D eigenvalue weighted by molar-refractivity contribution is -0.144. The Balaban J connectivity index is -0.000000304. The van der Waals surface area contributed by atoms with E-state index in [4.69, 9.17) is 81.6 Å². The van der Waals surface area contributed by atoms with Crippen molar-refractivity contribution in [3.63, 3.8) is 0 Å². The zero-order chi connectivity index (χ0) is 81.8. The van der Waals surface area contributed by atoms with Gasteiger partial charge in [-0.15, -0.1) is 12.4 Å². The van der Waals surface area contributed by atoms with Gasteiger partial charge in [-0.25, -0.2) is 33.6 Å². The number of phenolic OH excluding ortho intramolecular Hbond substituents is 1. The van der Waals surface area contributed by atoms with Crippen LogP contribution in [0, 0.1) is 0 Å². The van der Waals surface area contributed by atoms with E-state index in [-0.39, 0.29) is 71.1 Å². The van der Waals surface area contributed by atoms with Crippen molar-refractivity contribution in [2.75, 3.05) is 73.9 Å². The summed E-state index contributed by atoms with van der Waals surface area (Å²) >= 11 is 8.87. The third-order valence-corrected chi connectivity index (χ3v) is 12.5. The summed E-state index contributed by atoms with van der Waals surface area (Å²) in [4.78, 5) is 101. The highest BCUT2D eigenvalue weighted by Gasteiger charge is 2.27. The molecule has 0 aliphatic rings. The molecule has 0 aromatic heterocycles. The van der Waals surface area contributed by atoms with Gasteiger partial charge in [-0.3, -0.25) is 9.59 Å². The fourth-order valence-electron chi connectivity index (χ4n) is 7.14. The minimum atomic E-state index is -1.14. The number of halogens is 3. The van der Waals surface area contributed by atoms with Crippen molar-refractivity contribution in [2.45, 2.75) is 220 Å². The summed E-state index contributed by atoms with van der Waals surface area (Å²) in [5.74, 6) is -2.20. The normalized spacial score (nSPS) is 11.8. The summed E-state index contributed by atoms with van der Waals surface area (Å²) in [6.45, 7) is 24.6. The van der Waals surface area contributed by atoms with Gasteiger partial charge in [0.25, 0.3) is 0 Å². The SMILES string of the molecule is CCCCCc1ccc(O)cc1.CO.COC(=O)C(CCBr)NC(=O)OC(C)(C)C.COC(=O)C(CCO)NC(=O)OC(C)(C)C.COC(=O)C(CCOc1ccc(CCCCNC(=O)OCc2ccccc2)cc1)NC(=O)OC(C)(C)C.COC(=O)C(N)CCO.C[Si](C)(C)Cl.Cl.NC(CCO)C(=O)O. The van der Waals surface area contributed by atoms with Crippen LogP contribution in [-0.2, 0) is 81.3 Å². The molecule has 0 saturated carbocycles. The first-order valence-corrected chi connectivity index (χ1v) is 39.6. The number of carboxylic acids is 1. The second-order valence-corrected chi connectivity index (χ2v) is 34.5. The number of carbonyl (C=O) groups is 9. The van der Waals surface area contributed by atoms with Gasteiger partial charge < -0.3 is 106 Å². The zero-order valence-corrected chi connectivity index (χ0v) is 69.3. The molecule has 0 bridgehead atoms. The van der Waals surface area contributed by atoms with Crippen LogP contribution in [0.3, 0.4) is 0 Å². The number of aromatic hydroxyl groups is 1.